The summed E-state index contributed by atoms with van der Waals surface area (Å²) in [6.07, 6.45) is 0.123. The van der Waals surface area contributed by atoms with Crippen LogP contribution in [0.1, 0.15) is 25.8 Å². The van der Waals surface area contributed by atoms with Crippen LogP contribution < -0.4 is 5.32 Å². The molecule has 0 fully saturated rings. The Morgan fingerprint density at radius 1 is 1.19 bits per heavy atom. The Kier molecular flexibility index (Phi) is 8.74. The molecular formula is C23H25ClFNO6. The average Bonchev–Trinajstić information content (AvgIpc) is 2.76. The zero-order valence-electron chi connectivity index (χ0n) is 17.7. The first-order valence-corrected chi connectivity index (χ1v) is 10.3. The van der Waals surface area contributed by atoms with E-state index in [0.29, 0.717) is 21.7 Å². The Balaban J connectivity index is 2.26. The van der Waals surface area contributed by atoms with Crippen LogP contribution >= 0.6 is 11.6 Å². The number of carbonyl (C=O) groups is 3. The number of carboxylic acids is 1. The van der Waals surface area contributed by atoms with Crippen molar-refractivity contribution in [3.05, 3.63) is 58.9 Å². The van der Waals surface area contributed by atoms with Gasteiger partial charge in [-0.1, -0.05) is 35.9 Å². The van der Waals surface area contributed by atoms with Crippen LogP contribution in [-0.4, -0.2) is 47.3 Å². The number of halogens is 2. The molecular weight excluding hydrogens is 441 g/mol. The fraction of sp³-hybridized carbons (Fsp3) is 0.348. The Morgan fingerprint density at radius 3 is 2.41 bits per heavy atom. The van der Waals surface area contributed by atoms with Crippen LogP contribution in [0.15, 0.2) is 42.5 Å². The number of hydrogen-bond donors (Lipinski definition) is 3. The molecule has 2 aromatic rings. The molecule has 3 N–H and O–H groups in total. The fourth-order valence-electron chi connectivity index (χ4n) is 3.31. The van der Waals surface area contributed by atoms with Crippen molar-refractivity contribution in [2.75, 3.05) is 13.2 Å². The number of benzene rings is 2. The summed E-state index contributed by atoms with van der Waals surface area (Å²) in [7, 11) is 0. The summed E-state index contributed by atoms with van der Waals surface area (Å²) in [6, 6.07) is 10.2. The molecule has 0 saturated carbocycles. The quantitative estimate of drug-likeness (QED) is 0.387. The van der Waals surface area contributed by atoms with Gasteiger partial charge < -0.3 is 20.3 Å². The molecule has 0 saturated heterocycles. The van der Waals surface area contributed by atoms with Crippen LogP contribution in [0.3, 0.4) is 0 Å². The summed E-state index contributed by atoms with van der Waals surface area (Å²) in [5, 5.41) is 21.5. The second kappa shape index (κ2) is 11.1. The van der Waals surface area contributed by atoms with Crippen molar-refractivity contribution in [1.82, 2.24) is 5.32 Å². The molecule has 0 bridgehead atoms. The highest BCUT2D eigenvalue weighted by atomic mass is 35.5. The highest BCUT2D eigenvalue weighted by Gasteiger charge is 2.37. The van der Waals surface area contributed by atoms with Crippen molar-refractivity contribution in [2.24, 2.45) is 5.41 Å². The van der Waals surface area contributed by atoms with Crippen LogP contribution in [0, 0.1) is 11.2 Å². The van der Waals surface area contributed by atoms with E-state index in [-0.39, 0.29) is 19.4 Å². The third-order valence-electron chi connectivity index (χ3n) is 5.02. The standard InChI is InChI=1S/C23H25ClFNO6/c1-3-32-22(31)23(2,13-27)12-17(26-20(28)21(29)30)10-14-4-6-15(7-5-14)18-11-16(24)8-9-19(18)25/h4-9,11,17,27H,3,10,12-13H2,1-2H3,(H,26,28)(H,29,30)/t17-,23?/m1/s1. The lowest BCUT2D eigenvalue weighted by Gasteiger charge is -2.30. The molecule has 0 spiro atoms. The number of aliphatic hydroxyl groups excluding tert-OH is 1. The van der Waals surface area contributed by atoms with Crippen molar-refractivity contribution >= 4 is 29.4 Å². The van der Waals surface area contributed by atoms with Crippen molar-refractivity contribution in [1.29, 1.82) is 0 Å². The maximum absolute atomic E-state index is 14.1. The van der Waals surface area contributed by atoms with Gasteiger partial charge >= 0.3 is 17.8 Å². The van der Waals surface area contributed by atoms with Crippen molar-refractivity contribution in [2.45, 2.75) is 32.7 Å². The van der Waals surface area contributed by atoms with E-state index in [1.165, 1.54) is 25.1 Å². The third kappa shape index (κ3) is 6.51. The van der Waals surface area contributed by atoms with E-state index in [1.807, 2.05) is 0 Å². The van der Waals surface area contributed by atoms with Gasteiger partial charge in [0.15, 0.2) is 0 Å². The lowest BCUT2D eigenvalue weighted by atomic mass is 9.82. The van der Waals surface area contributed by atoms with E-state index in [2.05, 4.69) is 5.32 Å². The normalized spacial score (nSPS) is 13.7. The molecule has 0 aliphatic carbocycles. The summed E-state index contributed by atoms with van der Waals surface area (Å²) >= 11 is 5.95. The minimum absolute atomic E-state index is 0.0496. The number of rotatable bonds is 9. The van der Waals surface area contributed by atoms with Crippen LogP contribution in [0.2, 0.25) is 5.02 Å². The first-order chi connectivity index (χ1) is 15.1. The molecule has 1 amide bonds. The zero-order chi connectivity index (χ0) is 23.9. The molecule has 1 unspecified atom stereocenters. The molecule has 0 radical (unpaired) electrons. The molecule has 0 aliphatic heterocycles. The molecule has 2 atom stereocenters. The largest absolute Gasteiger partial charge is 0.474 e. The summed E-state index contributed by atoms with van der Waals surface area (Å²) < 4.78 is 19.1. The number of hydrogen-bond acceptors (Lipinski definition) is 5. The van der Waals surface area contributed by atoms with Gasteiger partial charge in [-0.15, -0.1) is 0 Å². The lowest BCUT2D eigenvalue weighted by molar-refractivity contribution is -0.158. The van der Waals surface area contributed by atoms with Gasteiger partial charge in [-0.25, -0.2) is 9.18 Å². The number of ether oxygens (including phenoxy) is 1. The van der Waals surface area contributed by atoms with Crippen molar-refractivity contribution < 1.29 is 33.7 Å². The molecule has 0 aromatic heterocycles. The Hall–Kier alpha value is -2.97. The van der Waals surface area contributed by atoms with E-state index in [1.54, 1.807) is 31.2 Å². The van der Waals surface area contributed by atoms with Gasteiger partial charge in [-0.05, 0) is 56.0 Å². The minimum Gasteiger partial charge on any atom is -0.474 e. The molecule has 32 heavy (non-hydrogen) atoms. The predicted octanol–water partition coefficient (Wildman–Crippen LogP) is 3.21. The van der Waals surface area contributed by atoms with E-state index >= 15 is 0 Å². The summed E-state index contributed by atoms with van der Waals surface area (Å²) in [5.74, 6) is -3.97. The maximum Gasteiger partial charge on any atom is 0.394 e. The Labute approximate surface area is 190 Å². The number of esters is 1. The minimum atomic E-state index is -1.66. The van der Waals surface area contributed by atoms with Crippen molar-refractivity contribution in [3.8, 4) is 11.1 Å². The van der Waals surface area contributed by atoms with Crippen molar-refractivity contribution in [3.63, 3.8) is 0 Å². The summed E-state index contributed by atoms with van der Waals surface area (Å²) in [4.78, 5) is 35.1. The Bertz CT molecular complexity index is 981. The molecule has 2 aromatic carbocycles. The van der Waals surface area contributed by atoms with E-state index in [9.17, 15) is 23.9 Å². The second-order valence-corrected chi connectivity index (χ2v) is 8.08. The summed E-state index contributed by atoms with van der Waals surface area (Å²) in [6.45, 7) is 2.68. The maximum atomic E-state index is 14.1. The van der Waals surface area contributed by atoms with Gasteiger partial charge in [0, 0.05) is 16.6 Å². The van der Waals surface area contributed by atoms with Gasteiger partial charge in [0.25, 0.3) is 0 Å². The number of carbonyl (C=O) groups excluding carboxylic acids is 2. The second-order valence-electron chi connectivity index (χ2n) is 7.64. The monoisotopic (exact) mass is 465 g/mol. The number of nitrogens with one attached hydrogen (secondary N) is 1. The number of amides is 1. The van der Waals surface area contributed by atoms with Crippen LogP contribution in [0.4, 0.5) is 4.39 Å². The smallest absolute Gasteiger partial charge is 0.394 e. The van der Waals surface area contributed by atoms with Crippen LogP contribution in [0.25, 0.3) is 11.1 Å². The lowest BCUT2D eigenvalue weighted by Crippen LogP contribution is -2.46. The van der Waals surface area contributed by atoms with Gasteiger partial charge in [0.1, 0.15) is 5.82 Å². The third-order valence-corrected chi connectivity index (χ3v) is 5.25. The molecule has 9 heteroatoms. The fourth-order valence-corrected chi connectivity index (χ4v) is 3.48. The first kappa shape index (κ1) is 25.3. The first-order valence-electron chi connectivity index (χ1n) is 9.96. The van der Waals surface area contributed by atoms with Gasteiger partial charge in [0.05, 0.1) is 18.6 Å². The average molecular weight is 466 g/mol. The molecule has 2 rings (SSSR count). The van der Waals surface area contributed by atoms with Gasteiger partial charge in [0.2, 0.25) is 0 Å². The molecule has 0 heterocycles. The topological polar surface area (TPSA) is 113 Å². The number of aliphatic carboxylic acids is 1. The highest BCUT2D eigenvalue weighted by molar-refractivity contribution is 6.31. The van der Waals surface area contributed by atoms with Gasteiger partial charge in [-0.2, -0.15) is 0 Å². The number of aliphatic hydroxyl groups is 1. The van der Waals surface area contributed by atoms with E-state index < -0.39 is 41.7 Å². The highest BCUT2D eigenvalue weighted by Crippen LogP contribution is 2.28. The molecule has 0 aliphatic rings. The predicted molar refractivity (Wildman–Crippen MR) is 117 cm³/mol. The van der Waals surface area contributed by atoms with E-state index in [0.717, 1.165) is 0 Å². The molecule has 7 nitrogen and oxygen atoms in total. The van der Waals surface area contributed by atoms with Crippen LogP contribution in [0.5, 0.6) is 0 Å². The Morgan fingerprint density at radius 2 is 1.84 bits per heavy atom. The number of carboxylic acid groups (broad SMARTS) is 1. The van der Waals surface area contributed by atoms with Gasteiger partial charge in [-0.3, -0.25) is 9.59 Å². The summed E-state index contributed by atoms with van der Waals surface area (Å²) in [5.41, 5.74) is 0.286. The SMILES string of the molecule is CCOC(=O)C(C)(CO)C[C@@H](Cc1ccc(-c2cc(Cl)ccc2F)cc1)NC(=O)C(=O)O. The molecule has 172 valence electrons. The van der Waals surface area contributed by atoms with E-state index in [4.69, 9.17) is 21.4 Å². The van der Waals surface area contributed by atoms with Crippen LogP contribution in [-0.2, 0) is 25.5 Å². The zero-order valence-corrected chi connectivity index (χ0v) is 18.5.